The first-order valence-electron chi connectivity index (χ1n) is 6.62. The first kappa shape index (κ1) is 13.6. The Morgan fingerprint density at radius 3 is 2.84 bits per heavy atom. The highest BCUT2D eigenvalue weighted by atomic mass is 16.2. The number of carbonyl (C=O) groups is 2. The molecule has 1 fully saturated rings. The van der Waals surface area contributed by atoms with Gasteiger partial charge in [-0.25, -0.2) is 0 Å². The van der Waals surface area contributed by atoms with Crippen LogP contribution in [0.15, 0.2) is 18.5 Å². The van der Waals surface area contributed by atoms with E-state index >= 15 is 0 Å². The number of piperazine rings is 1. The molecule has 1 aliphatic heterocycles. The van der Waals surface area contributed by atoms with Crippen molar-refractivity contribution < 1.29 is 9.59 Å². The molecular formula is C13H20N4O2. The van der Waals surface area contributed by atoms with E-state index in [-0.39, 0.29) is 24.4 Å². The summed E-state index contributed by atoms with van der Waals surface area (Å²) in [6.45, 7) is 5.36. The van der Waals surface area contributed by atoms with Gasteiger partial charge in [-0.15, -0.1) is 0 Å². The molecule has 6 heteroatoms. The number of nitrogens with zero attached hydrogens (tertiary/aromatic N) is 3. The minimum Gasteiger partial charge on any atom is -0.343 e. The predicted molar refractivity (Wildman–Crippen MR) is 70.2 cm³/mol. The zero-order valence-corrected chi connectivity index (χ0v) is 11.4. The van der Waals surface area contributed by atoms with E-state index in [0.29, 0.717) is 25.4 Å². The molecule has 2 amide bonds. The molecule has 0 aromatic carbocycles. The van der Waals surface area contributed by atoms with E-state index in [9.17, 15) is 9.59 Å². The number of aromatic nitrogens is 2. The molecule has 1 aromatic rings. The Hall–Kier alpha value is -1.85. The Labute approximate surface area is 112 Å². The lowest BCUT2D eigenvalue weighted by Crippen LogP contribution is -2.58. The van der Waals surface area contributed by atoms with Gasteiger partial charge in [-0.3, -0.25) is 14.3 Å². The van der Waals surface area contributed by atoms with E-state index in [1.807, 2.05) is 26.1 Å². The van der Waals surface area contributed by atoms with Crippen LogP contribution >= 0.6 is 0 Å². The highest BCUT2D eigenvalue weighted by molar-refractivity contribution is 5.94. The van der Waals surface area contributed by atoms with Gasteiger partial charge in [0.1, 0.15) is 6.04 Å². The molecule has 1 unspecified atom stereocenters. The molecule has 0 spiro atoms. The van der Waals surface area contributed by atoms with Crippen LogP contribution in [0, 0.1) is 5.92 Å². The summed E-state index contributed by atoms with van der Waals surface area (Å²) in [7, 11) is 0. The van der Waals surface area contributed by atoms with Crippen molar-refractivity contribution in [1.29, 1.82) is 0 Å². The number of hydrogen-bond acceptors (Lipinski definition) is 3. The number of hydrogen-bond donors (Lipinski definition) is 1. The second-order valence-corrected chi connectivity index (χ2v) is 5.28. The molecule has 2 rings (SSSR count). The summed E-state index contributed by atoms with van der Waals surface area (Å²) in [6, 6.07) is 1.46. The highest BCUT2D eigenvalue weighted by Crippen LogP contribution is 2.11. The molecule has 19 heavy (non-hydrogen) atoms. The summed E-state index contributed by atoms with van der Waals surface area (Å²) in [4.78, 5) is 25.5. The second-order valence-electron chi connectivity index (χ2n) is 5.28. The maximum absolute atomic E-state index is 12.2. The summed E-state index contributed by atoms with van der Waals surface area (Å²) in [5.74, 6) is 0.312. The predicted octanol–water partition coefficient (Wildman–Crippen LogP) is 0.256. The number of nitrogens with one attached hydrogen (secondary N) is 1. The summed E-state index contributed by atoms with van der Waals surface area (Å²) < 4.78 is 1.76. The van der Waals surface area contributed by atoms with Crippen LogP contribution in [0.2, 0.25) is 0 Å². The van der Waals surface area contributed by atoms with Gasteiger partial charge in [0.2, 0.25) is 11.8 Å². The molecule has 1 aromatic heterocycles. The smallest absolute Gasteiger partial charge is 0.245 e. The third-order valence-electron chi connectivity index (χ3n) is 3.14. The first-order valence-corrected chi connectivity index (χ1v) is 6.62. The van der Waals surface area contributed by atoms with Crippen LogP contribution in [0.4, 0.5) is 0 Å². The van der Waals surface area contributed by atoms with E-state index in [2.05, 4.69) is 10.4 Å². The molecule has 1 N–H and O–H groups in total. The molecule has 2 heterocycles. The molecule has 104 valence electrons. The fourth-order valence-corrected chi connectivity index (χ4v) is 2.25. The van der Waals surface area contributed by atoms with Crippen LogP contribution in [-0.4, -0.2) is 45.6 Å². The number of rotatable bonds is 5. The van der Waals surface area contributed by atoms with Gasteiger partial charge < -0.3 is 10.2 Å². The van der Waals surface area contributed by atoms with Crippen LogP contribution in [0.3, 0.4) is 0 Å². The largest absolute Gasteiger partial charge is 0.343 e. The standard InChI is InChI=1S/C13H20N4O2/c1-10(2)8-11-13(19)16(9-12(18)15-11)6-7-17-5-3-4-14-17/h3-5,10-11H,6-9H2,1-2H3,(H,15,18). The molecule has 0 bridgehead atoms. The highest BCUT2D eigenvalue weighted by Gasteiger charge is 2.32. The van der Waals surface area contributed by atoms with Crippen molar-refractivity contribution >= 4 is 11.8 Å². The fourth-order valence-electron chi connectivity index (χ4n) is 2.25. The number of amides is 2. The van der Waals surface area contributed by atoms with Gasteiger partial charge in [0.15, 0.2) is 0 Å². The minimum absolute atomic E-state index is 0.0143. The van der Waals surface area contributed by atoms with Crippen molar-refractivity contribution in [2.75, 3.05) is 13.1 Å². The lowest BCUT2D eigenvalue weighted by Gasteiger charge is -2.33. The topological polar surface area (TPSA) is 67.2 Å². The van der Waals surface area contributed by atoms with Gasteiger partial charge in [-0.2, -0.15) is 5.10 Å². The van der Waals surface area contributed by atoms with Gasteiger partial charge in [-0.05, 0) is 18.4 Å². The summed E-state index contributed by atoms with van der Waals surface area (Å²) in [5, 5.41) is 6.86. The van der Waals surface area contributed by atoms with E-state index in [4.69, 9.17) is 0 Å². The maximum Gasteiger partial charge on any atom is 0.245 e. The first-order chi connectivity index (χ1) is 9.06. The number of carbonyl (C=O) groups excluding carboxylic acids is 2. The van der Waals surface area contributed by atoms with Crippen molar-refractivity contribution in [3.8, 4) is 0 Å². The Bertz CT molecular complexity index is 442. The second kappa shape index (κ2) is 5.86. The monoisotopic (exact) mass is 264 g/mol. The van der Waals surface area contributed by atoms with E-state index in [0.717, 1.165) is 0 Å². The molecule has 0 saturated carbocycles. The average Bonchev–Trinajstić information content (AvgIpc) is 2.84. The maximum atomic E-state index is 12.2. The van der Waals surface area contributed by atoms with Crippen molar-refractivity contribution in [2.45, 2.75) is 32.9 Å². The van der Waals surface area contributed by atoms with Gasteiger partial charge in [0.25, 0.3) is 0 Å². The molecular weight excluding hydrogens is 244 g/mol. The Morgan fingerprint density at radius 1 is 1.42 bits per heavy atom. The van der Waals surface area contributed by atoms with Crippen LogP contribution in [-0.2, 0) is 16.1 Å². The van der Waals surface area contributed by atoms with E-state index < -0.39 is 0 Å². The summed E-state index contributed by atoms with van der Waals surface area (Å²) in [5.41, 5.74) is 0. The van der Waals surface area contributed by atoms with Crippen molar-refractivity contribution in [2.24, 2.45) is 5.92 Å². The SMILES string of the molecule is CC(C)CC1NC(=O)CN(CCn2cccn2)C1=O. The Balaban J connectivity index is 1.95. The molecule has 1 atom stereocenters. The minimum atomic E-state index is -0.376. The zero-order chi connectivity index (χ0) is 13.8. The van der Waals surface area contributed by atoms with Crippen LogP contribution < -0.4 is 5.32 Å². The lowest BCUT2D eigenvalue weighted by molar-refractivity contribution is -0.144. The van der Waals surface area contributed by atoms with E-state index in [1.54, 1.807) is 15.8 Å². The van der Waals surface area contributed by atoms with Crippen molar-refractivity contribution in [3.63, 3.8) is 0 Å². The molecule has 0 aliphatic carbocycles. The molecule has 6 nitrogen and oxygen atoms in total. The van der Waals surface area contributed by atoms with Crippen molar-refractivity contribution in [1.82, 2.24) is 20.0 Å². The van der Waals surface area contributed by atoms with Gasteiger partial charge in [0, 0.05) is 18.9 Å². The fraction of sp³-hybridized carbons (Fsp3) is 0.615. The summed E-state index contributed by atoms with van der Waals surface area (Å²) in [6.07, 6.45) is 4.23. The van der Waals surface area contributed by atoms with E-state index in [1.165, 1.54) is 0 Å². The molecule has 0 radical (unpaired) electrons. The van der Waals surface area contributed by atoms with Gasteiger partial charge >= 0.3 is 0 Å². The summed E-state index contributed by atoms with van der Waals surface area (Å²) >= 11 is 0. The van der Waals surface area contributed by atoms with Crippen LogP contribution in [0.5, 0.6) is 0 Å². The Morgan fingerprint density at radius 2 is 2.21 bits per heavy atom. The Kier molecular flexibility index (Phi) is 4.19. The third-order valence-corrected chi connectivity index (χ3v) is 3.14. The average molecular weight is 264 g/mol. The van der Waals surface area contributed by atoms with Crippen LogP contribution in [0.1, 0.15) is 20.3 Å². The third kappa shape index (κ3) is 3.56. The normalized spacial score (nSPS) is 19.9. The zero-order valence-electron chi connectivity index (χ0n) is 11.4. The lowest BCUT2D eigenvalue weighted by atomic mass is 10.0. The van der Waals surface area contributed by atoms with Gasteiger partial charge in [-0.1, -0.05) is 13.8 Å². The van der Waals surface area contributed by atoms with Crippen LogP contribution in [0.25, 0.3) is 0 Å². The quantitative estimate of drug-likeness (QED) is 0.829. The van der Waals surface area contributed by atoms with Crippen molar-refractivity contribution in [3.05, 3.63) is 18.5 Å². The van der Waals surface area contributed by atoms with Gasteiger partial charge in [0.05, 0.1) is 13.1 Å². The molecule has 1 aliphatic rings. The molecule has 1 saturated heterocycles.